The molecule has 2 rings (SSSR count). The van der Waals surface area contributed by atoms with Gasteiger partial charge >= 0.3 is 0 Å². The Morgan fingerprint density at radius 2 is 2.24 bits per heavy atom. The maximum atomic E-state index is 11.4. The molecule has 2 N–H and O–H groups in total. The molecule has 0 aliphatic rings. The SMILES string of the molecule is CCS(=O)(=O)Nc1cccc(-c2ncc[nH]2)c1. The van der Waals surface area contributed by atoms with Crippen LogP contribution in [-0.2, 0) is 10.0 Å². The summed E-state index contributed by atoms with van der Waals surface area (Å²) in [6.07, 6.45) is 3.37. The molecular formula is C11H13N3O2S. The molecule has 0 spiro atoms. The van der Waals surface area contributed by atoms with Gasteiger partial charge in [-0.25, -0.2) is 13.4 Å². The monoisotopic (exact) mass is 251 g/mol. The number of hydrogen-bond acceptors (Lipinski definition) is 3. The van der Waals surface area contributed by atoms with Gasteiger partial charge in [0.05, 0.1) is 5.75 Å². The van der Waals surface area contributed by atoms with Gasteiger partial charge in [-0.15, -0.1) is 0 Å². The van der Waals surface area contributed by atoms with Gasteiger partial charge in [0, 0.05) is 23.6 Å². The van der Waals surface area contributed by atoms with Gasteiger partial charge in [-0.05, 0) is 19.1 Å². The van der Waals surface area contributed by atoms with E-state index in [-0.39, 0.29) is 5.75 Å². The van der Waals surface area contributed by atoms with Crippen molar-refractivity contribution in [2.75, 3.05) is 10.5 Å². The summed E-state index contributed by atoms with van der Waals surface area (Å²) < 4.78 is 25.4. The fourth-order valence-corrected chi connectivity index (χ4v) is 2.04. The summed E-state index contributed by atoms with van der Waals surface area (Å²) in [5.41, 5.74) is 1.38. The first-order valence-electron chi connectivity index (χ1n) is 5.21. The van der Waals surface area contributed by atoms with Crippen molar-refractivity contribution in [3.8, 4) is 11.4 Å². The maximum absolute atomic E-state index is 11.4. The van der Waals surface area contributed by atoms with Crippen LogP contribution in [0.1, 0.15) is 6.92 Å². The summed E-state index contributed by atoms with van der Waals surface area (Å²) in [6, 6.07) is 7.10. The van der Waals surface area contributed by atoms with Crippen LogP contribution in [0.25, 0.3) is 11.4 Å². The first-order valence-corrected chi connectivity index (χ1v) is 6.86. The van der Waals surface area contributed by atoms with Crippen molar-refractivity contribution in [1.82, 2.24) is 9.97 Å². The molecular weight excluding hydrogens is 238 g/mol. The summed E-state index contributed by atoms with van der Waals surface area (Å²) in [6.45, 7) is 1.60. The van der Waals surface area contributed by atoms with Gasteiger partial charge in [-0.3, -0.25) is 4.72 Å². The molecule has 2 aromatic rings. The quantitative estimate of drug-likeness (QED) is 0.870. The highest BCUT2D eigenvalue weighted by Gasteiger charge is 2.07. The average Bonchev–Trinajstić information content (AvgIpc) is 2.82. The lowest BCUT2D eigenvalue weighted by molar-refractivity contribution is 0.602. The molecule has 0 fully saturated rings. The minimum absolute atomic E-state index is 0.0536. The lowest BCUT2D eigenvalue weighted by Gasteiger charge is -2.06. The number of anilines is 1. The van der Waals surface area contributed by atoms with E-state index in [2.05, 4.69) is 14.7 Å². The first kappa shape index (κ1) is 11.7. The molecule has 5 nitrogen and oxygen atoms in total. The molecule has 0 amide bonds. The van der Waals surface area contributed by atoms with E-state index in [4.69, 9.17) is 0 Å². The van der Waals surface area contributed by atoms with Crippen LogP contribution < -0.4 is 4.72 Å². The maximum Gasteiger partial charge on any atom is 0.232 e. The molecule has 6 heteroatoms. The molecule has 1 aromatic heterocycles. The summed E-state index contributed by atoms with van der Waals surface area (Å²) in [4.78, 5) is 7.08. The molecule has 17 heavy (non-hydrogen) atoms. The van der Waals surface area contributed by atoms with Crippen LogP contribution >= 0.6 is 0 Å². The van der Waals surface area contributed by atoms with E-state index in [1.54, 1.807) is 37.5 Å². The summed E-state index contributed by atoms with van der Waals surface area (Å²) in [7, 11) is -3.24. The molecule has 0 unspecified atom stereocenters. The van der Waals surface area contributed by atoms with E-state index in [0.29, 0.717) is 11.5 Å². The zero-order valence-electron chi connectivity index (χ0n) is 9.34. The number of benzene rings is 1. The number of aromatic nitrogens is 2. The number of aromatic amines is 1. The summed E-state index contributed by atoms with van der Waals surface area (Å²) >= 11 is 0. The van der Waals surface area contributed by atoms with Crippen molar-refractivity contribution >= 4 is 15.7 Å². The lowest BCUT2D eigenvalue weighted by atomic mass is 10.2. The Morgan fingerprint density at radius 1 is 1.41 bits per heavy atom. The molecule has 1 heterocycles. The number of rotatable bonds is 4. The van der Waals surface area contributed by atoms with E-state index >= 15 is 0 Å². The van der Waals surface area contributed by atoms with Crippen LogP contribution in [0.2, 0.25) is 0 Å². The van der Waals surface area contributed by atoms with E-state index in [1.807, 2.05) is 6.07 Å². The van der Waals surface area contributed by atoms with Crippen molar-refractivity contribution in [3.63, 3.8) is 0 Å². The second kappa shape index (κ2) is 4.58. The minimum atomic E-state index is -3.24. The van der Waals surface area contributed by atoms with Gasteiger partial charge in [-0.2, -0.15) is 0 Å². The second-order valence-electron chi connectivity index (χ2n) is 3.52. The normalized spacial score (nSPS) is 11.4. The number of nitrogens with one attached hydrogen (secondary N) is 2. The van der Waals surface area contributed by atoms with Crippen molar-refractivity contribution in [3.05, 3.63) is 36.7 Å². The van der Waals surface area contributed by atoms with Crippen LogP contribution in [0, 0.1) is 0 Å². The number of nitrogens with zero attached hydrogens (tertiary/aromatic N) is 1. The Morgan fingerprint density at radius 3 is 2.88 bits per heavy atom. The zero-order valence-corrected chi connectivity index (χ0v) is 10.2. The van der Waals surface area contributed by atoms with Gasteiger partial charge in [0.15, 0.2) is 0 Å². The molecule has 0 bridgehead atoms. The third kappa shape index (κ3) is 2.85. The van der Waals surface area contributed by atoms with Crippen LogP contribution in [0.5, 0.6) is 0 Å². The van der Waals surface area contributed by atoms with Gasteiger partial charge < -0.3 is 4.98 Å². The Labute approximate surface area is 100.0 Å². The van der Waals surface area contributed by atoms with E-state index < -0.39 is 10.0 Å². The molecule has 0 saturated heterocycles. The van der Waals surface area contributed by atoms with Crippen molar-refractivity contribution in [2.45, 2.75) is 6.92 Å². The number of H-pyrrole nitrogens is 1. The van der Waals surface area contributed by atoms with E-state index in [9.17, 15) is 8.42 Å². The molecule has 0 aliphatic carbocycles. The number of hydrogen-bond donors (Lipinski definition) is 2. The largest absolute Gasteiger partial charge is 0.345 e. The topological polar surface area (TPSA) is 74.8 Å². The molecule has 0 saturated carbocycles. The molecule has 1 aromatic carbocycles. The average molecular weight is 251 g/mol. The second-order valence-corrected chi connectivity index (χ2v) is 5.54. The lowest BCUT2D eigenvalue weighted by Crippen LogP contribution is -2.14. The molecule has 90 valence electrons. The van der Waals surface area contributed by atoms with Gasteiger partial charge in [-0.1, -0.05) is 12.1 Å². The van der Waals surface area contributed by atoms with Crippen molar-refractivity contribution < 1.29 is 8.42 Å². The number of imidazole rings is 1. The fourth-order valence-electron chi connectivity index (χ4n) is 1.40. The number of sulfonamides is 1. The summed E-state index contributed by atoms with van der Waals surface area (Å²) in [5.74, 6) is 0.764. The minimum Gasteiger partial charge on any atom is -0.345 e. The Balaban J connectivity index is 2.30. The van der Waals surface area contributed by atoms with Gasteiger partial charge in [0.1, 0.15) is 5.82 Å². The highest BCUT2D eigenvalue weighted by atomic mass is 32.2. The Hall–Kier alpha value is -1.82. The van der Waals surface area contributed by atoms with Gasteiger partial charge in [0.25, 0.3) is 0 Å². The molecule has 0 aliphatic heterocycles. The summed E-state index contributed by atoms with van der Waals surface area (Å²) in [5, 5.41) is 0. The molecule has 0 atom stereocenters. The van der Waals surface area contributed by atoms with Crippen LogP contribution in [-0.4, -0.2) is 24.1 Å². The highest BCUT2D eigenvalue weighted by molar-refractivity contribution is 7.92. The predicted molar refractivity (Wildman–Crippen MR) is 67.1 cm³/mol. The highest BCUT2D eigenvalue weighted by Crippen LogP contribution is 2.19. The van der Waals surface area contributed by atoms with Gasteiger partial charge in [0.2, 0.25) is 10.0 Å². The Kier molecular flexibility index (Phi) is 3.14. The zero-order chi connectivity index (χ0) is 12.3. The van der Waals surface area contributed by atoms with E-state index in [0.717, 1.165) is 5.56 Å². The first-order chi connectivity index (χ1) is 8.11. The standard InChI is InChI=1S/C11H13N3O2S/c1-2-17(15,16)14-10-5-3-4-9(8-10)11-12-6-7-13-11/h3-8,14H,2H2,1H3,(H,12,13). The van der Waals surface area contributed by atoms with Crippen molar-refractivity contribution in [1.29, 1.82) is 0 Å². The van der Waals surface area contributed by atoms with Crippen LogP contribution in [0.4, 0.5) is 5.69 Å². The Bertz CT molecular complexity index is 591. The predicted octanol–water partition coefficient (Wildman–Crippen LogP) is 1.84. The van der Waals surface area contributed by atoms with E-state index in [1.165, 1.54) is 0 Å². The smallest absolute Gasteiger partial charge is 0.232 e. The van der Waals surface area contributed by atoms with Crippen LogP contribution in [0.15, 0.2) is 36.7 Å². The third-order valence-corrected chi connectivity index (χ3v) is 3.59. The van der Waals surface area contributed by atoms with Crippen LogP contribution in [0.3, 0.4) is 0 Å². The third-order valence-electron chi connectivity index (χ3n) is 2.29. The van der Waals surface area contributed by atoms with Crippen molar-refractivity contribution in [2.24, 2.45) is 0 Å². The fraction of sp³-hybridized carbons (Fsp3) is 0.182. The molecule has 0 radical (unpaired) electrons.